The van der Waals surface area contributed by atoms with Crippen molar-refractivity contribution >= 4 is 21.8 Å². The Bertz CT molecular complexity index is 575. The normalized spacial score (nSPS) is 11.9. The Kier molecular flexibility index (Phi) is 4.96. The predicted octanol–water partition coefficient (Wildman–Crippen LogP) is 4.50. The van der Waals surface area contributed by atoms with Gasteiger partial charge in [-0.05, 0) is 48.7 Å². The van der Waals surface area contributed by atoms with E-state index in [0.717, 1.165) is 16.5 Å². The lowest BCUT2D eigenvalue weighted by Crippen LogP contribution is -2.26. The van der Waals surface area contributed by atoms with E-state index in [4.69, 9.17) is 0 Å². The molecule has 0 saturated carbocycles. The highest BCUT2D eigenvalue weighted by molar-refractivity contribution is 9.10. The SMILES string of the molecule is CCc1ccc([C@H](C)NC(=O)c2ccc(Br)cc2)cc1. The van der Waals surface area contributed by atoms with Gasteiger partial charge in [-0.3, -0.25) is 4.79 Å². The zero-order chi connectivity index (χ0) is 14.5. The largest absolute Gasteiger partial charge is 0.346 e. The van der Waals surface area contributed by atoms with Gasteiger partial charge in [-0.2, -0.15) is 0 Å². The van der Waals surface area contributed by atoms with Crippen LogP contribution in [0.5, 0.6) is 0 Å². The average Bonchev–Trinajstić information content (AvgIpc) is 2.48. The topological polar surface area (TPSA) is 29.1 Å². The van der Waals surface area contributed by atoms with Crippen LogP contribution < -0.4 is 5.32 Å². The molecule has 0 aromatic heterocycles. The molecule has 0 radical (unpaired) electrons. The highest BCUT2D eigenvalue weighted by Crippen LogP contribution is 2.15. The first-order chi connectivity index (χ1) is 9.60. The van der Waals surface area contributed by atoms with Gasteiger partial charge in [0.15, 0.2) is 0 Å². The summed E-state index contributed by atoms with van der Waals surface area (Å²) in [7, 11) is 0. The summed E-state index contributed by atoms with van der Waals surface area (Å²) in [6.07, 6.45) is 1.03. The first-order valence-corrected chi connectivity index (χ1v) is 7.54. The van der Waals surface area contributed by atoms with Crippen LogP contribution in [0.1, 0.15) is 41.4 Å². The number of hydrogen-bond acceptors (Lipinski definition) is 1. The molecule has 0 fully saturated rings. The van der Waals surface area contributed by atoms with Gasteiger partial charge in [0.05, 0.1) is 6.04 Å². The highest BCUT2D eigenvalue weighted by Gasteiger charge is 2.11. The number of hydrogen-bond donors (Lipinski definition) is 1. The molecule has 0 spiro atoms. The van der Waals surface area contributed by atoms with E-state index < -0.39 is 0 Å². The number of rotatable bonds is 4. The second-order valence-corrected chi connectivity index (χ2v) is 5.71. The molecule has 0 unspecified atom stereocenters. The third-order valence-electron chi connectivity index (χ3n) is 3.34. The fourth-order valence-electron chi connectivity index (χ4n) is 2.01. The molecule has 1 amide bonds. The third-order valence-corrected chi connectivity index (χ3v) is 3.87. The maximum atomic E-state index is 12.1. The summed E-state index contributed by atoms with van der Waals surface area (Å²) in [5, 5.41) is 3.02. The van der Waals surface area contributed by atoms with Gasteiger partial charge in [-0.25, -0.2) is 0 Å². The maximum Gasteiger partial charge on any atom is 0.251 e. The summed E-state index contributed by atoms with van der Waals surface area (Å²) in [4.78, 5) is 12.1. The number of amides is 1. The standard InChI is InChI=1S/C17H18BrNO/c1-3-13-4-6-14(7-5-13)12(2)19-17(20)15-8-10-16(18)11-9-15/h4-12H,3H2,1-2H3,(H,19,20)/t12-/m0/s1. The first-order valence-electron chi connectivity index (χ1n) is 6.75. The van der Waals surface area contributed by atoms with Crippen LogP contribution in [0.15, 0.2) is 53.0 Å². The van der Waals surface area contributed by atoms with Crippen LogP contribution in [-0.2, 0) is 6.42 Å². The molecule has 0 aliphatic rings. The molecular weight excluding hydrogens is 314 g/mol. The van der Waals surface area contributed by atoms with Crippen molar-refractivity contribution in [3.8, 4) is 0 Å². The van der Waals surface area contributed by atoms with Gasteiger partial charge in [0.1, 0.15) is 0 Å². The summed E-state index contributed by atoms with van der Waals surface area (Å²) >= 11 is 3.36. The molecule has 0 heterocycles. The predicted molar refractivity (Wildman–Crippen MR) is 85.8 cm³/mol. The second-order valence-electron chi connectivity index (χ2n) is 4.80. The van der Waals surface area contributed by atoms with E-state index in [1.165, 1.54) is 5.56 Å². The Balaban J connectivity index is 2.04. The Morgan fingerprint density at radius 2 is 1.70 bits per heavy atom. The molecule has 3 heteroatoms. The van der Waals surface area contributed by atoms with E-state index in [9.17, 15) is 4.79 Å². The van der Waals surface area contributed by atoms with Gasteiger partial charge in [0, 0.05) is 10.0 Å². The number of carbonyl (C=O) groups is 1. The average molecular weight is 332 g/mol. The number of nitrogens with one attached hydrogen (secondary N) is 1. The molecule has 2 aromatic carbocycles. The minimum Gasteiger partial charge on any atom is -0.346 e. The summed E-state index contributed by atoms with van der Waals surface area (Å²) < 4.78 is 0.970. The molecule has 104 valence electrons. The quantitative estimate of drug-likeness (QED) is 0.877. The van der Waals surface area contributed by atoms with Gasteiger partial charge in [-0.1, -0.05) is 47.1 Å². The molecule has 2 aromatic rings. The van der Waals surface area contributed by atoms with Crippen molar-refractivity contribution in [2.75, 3.05) is 0 Å². The molecule has 0 aliphatic carbocycles. The van der Waals surface area contributed by atoms with Crippen molar-refractivity contribution < 1.29 is 4.79 Å². The van der Waals surface area contributed by atoms with Crippen molar-refractivity contribution in [1.82, 2.24) is 5.32 Å². The van der Waals surface area contributed by atoms with Crippen LogP contribution >= 0.6 is 15.9 Å². The Morgan fingerprint density at radius 1 is 1.10 bits per heavy atom. The van der Waals surface area contributed by atoms with Crippen LogP contribution in [-0.4, -0.2) is 5.91 Å². The third kappa shape index (κ3) is 3.70. The number of benzene rings is 2. The zero-order valence-corrected chi connectivity index (χ0v) is 13.3. The molecule has 2 nitrogen and oxygen atoms in total. The molecule has 0 saturated heterocycles. The monoisotopic (exact) mass is 331 g/mol. The minimum absolute atomic E-state index is 0.00273. The molecule has 1 N–H and O–H groups in total. The Morgan fingerprint density at radius 3 is 2.25 bits per heavy atom. The zero-order valence-electron chi connectivity index (χ0n) is 11.7. The Labute approximate surface area is 128 Å². The van der Waals surface area contributed by atoms with Crippen LogP contribution in [0, 0.1) is 0 Å². The number of aryl methyl sites for hydroxylation is 1. The first kappa shape index (κ1) is 14.8. The molecule has 2 rings (SSSR count). The molecule has 1 atom stereocenters. The summed E-state index contributed by atoms with van der Waals surface area (Å²) in [6.45, 7) is 4.13. The van der Waals surface area contributed by atoms with Gasteiger partial charge >= 0.3 is 0 Å². The smallest absolute Gasteiger partial charge is 0.251 e. The number of halogens is 1. The maximum absolute atomic E-state index is 12.1. The van der Waals surface area contributed by atoms with Gasteiger partial charge in [0.2, 0.25) is 0 Å². The Hall–Kier alpha value is -1.61. The highest BCUT2D eigenvalue weighted by atomic mass is 79.9. The van der Waals surface area contributed by atoms with E-state index in [-0.39, 0.29) is 11.9 Å². The van der Waals surface area contributed by atoms with Crippen LogP contribution in [0.3, 0.4) is 0 Å². The van der Waals surface area contributed by atoms with Gasteiger partial charge in [-0.15, -0.1) is 0 Å². The molecular formula is C17H18BrNO. The lowest BCUT2D eigenvalue weighted by Gasteiger charge is -2.15. The van der Waals surface area contributed by atoms with Crippen LogP contribution in [0.25, 0.3) is 0 Å². The lowest BCUT2D eigenvalue weighted by molar-refractivity contribution is 0.0940. The minimum atomic E-state index is -0.0513. The van der Waals surface area contributed by atoms with E-state index >= 15 is 0 Å². The fraction of sp³-hybridized carbons (Fsp3) is 0.235. The van der Waals surface area contributed by atoms with Gasteiger partial charge in [0.25, 0.3) is 5.91 Å². The molecule has 0 bridgehead atoms. The summed E-state index contributed by atoms with van der Waals surface area (Å²) in [5.74, 6) is -0.0513. The fourth-order valence-corrected chi connectivity index (χ4v) is 2.27. The van der Waals surface area contributed by atoms with E-state index in [1.54, 1.807) is 0 Å². The van der Waals surface area contributed by atoms with Gasteiger partial charge < -0.3 is 5.32 Å². The van der Waals surface area contributed by atoms with Crippen molar-refractivity contribution in [2.45, 2.75) is 26.3 Å². The summed E-state index contributed by atoms with van der Waals surface area (Å²) in [6, 6.07) is 15.7. The molecule has 0 aliphatic heterocycles. The van der Waals surface area contributed by atoms with Crippen LogP contribution in [0.2, 0.25) is 0 Å². The number of carbonyl (C=O) groups excluding carboxylic acids is 1. The van der Waals surface area contributed by atoms with Crippen molar-refractivity contribution in [1.29, 1.82) is 0 Å². The van der Waals surface area contributed by atoms with E-state index in [1.807, 2.05) is 31.2 Å². The van der Waals surface area contributed by atoms with E-state index in [0.29, 0.717) is 5.56 Å². The van der Waals surface area contributed by atoms with E-state index in [2.05, 4.69) is 52.4 Å². The molecule has 20 heavy (non-hydrogen) atoms. The van der Waals surface area contributed by atoms with Crippen molar-refractivity contribution in [3.05, 3.63) is 69.7 Å². The summed E-state index contributed by atoms with van der Waals surface area (Å²) in [5.41, 5.74) is 3.10. The van der Waals surface area contributed by atoms with Crippen molar-refractivity contribution in [2.24, 2.45) is 0 Å². The van der Waals surface area contributed by atoms with Crippen LogP contribution in [0.4, 0.5) is 0 Å². The van der Waals surface area contributed by atoms with Crippen molar-refractivity contribution in [3.63, 3.8) is 0 Å². The lowest BCUT2D eigenvalue weighted by atomic mass is 10.0. The second kappa shape index (κ2) is 6.71.